The van der Waals surface area contributed by atoms with E-state index in [0.29, 0.717) is 17.1 Å². The molecule has 0 aliphatic rings. The fourth-order valence-electron chi connectivity index (χ4n) is 1.72. The van der Waals surface area contributed by atoms with Crippen molar-refractivity contribution in [2.24, 2.45) is 0 Å². The Morgan fingerprint density at radius 2 is 1.79 bits per heavy atom. The summed E-state index contributed by atoms with van der Waals surface area (Å²) in [5.41, 5.74) is 3.00. The standard InChI is InChI=1S/C14H14BrN3O/c1-8-4-5-11(9(2)16-8)14(19)18-13-7-6-12(15)10(3)17-13/h4-7H,1-3H3,(H,17,18,19). The summed E-state index contributed by atoms with van der Waals surface area (Å²) >= 11 is 3.37. The van der Waals surface area contributed by atoms with Crippen molar-refractivity contribution >= 4 is 27.7 Å². The molecule has 1 N–H and O–H groups in total. The van der Waals surface area contributed by atoms with Crippen LogP contribution in [0.5, 0.6) is 0 Å². The van der Waals surface area contributed by atoms with Crippen LogP contribution in [0.2, 0.25) is 0 Å². The van der Waals surface area contributed by atoms with Crippen LogP contribution < -0.4 is 5.32 Å². The molecule has 2 heterocycles. The van der Waals surface area contributed by atoms with E-state index in [2.05, 4.69) is 31.2 Å². The molecule has 19 heavy (non-hydrogen) atoms. The molecule has 1 amide bonds. The molecule has 98 valence electrons. The molecule has 0 radical (unpaired) electrons. The van der Waals surface area contributed by atoms with Gasteiger partial charge in [-0.05, 0) is 61.0 Å². The molecule has 4 nitrogen and oxygen atoms in total. The maximum Gasteiger partial charge on any atom is 0.258 e. The highest BCUT2D eigenvalue weighted by Gasteiger charge is 2.11. The highest BCUT2D eigenvalue weighted by Crippen LogP contribution is 2.17. The highest BCUT2D eigenvalue weighted by atomic mass is 79.9. The maximum absolute atomic E-state index is 12.1. The smallest absolute Gasteiger partial charge is 0.258 e. The lowest BCUT2D eigenvalue weighted by Crippen LogP contribution is -2.15. The van der Waals surface area contributed by atoms with Crippen LogP contribution in [0.1, 0.15) is 27.4 Å². The van der Waals surface area contributed by atoms with E-state index >= 15 is 0 Å². The van der Waals surface area contributed by atoms with Gasteiger partial charge in [0.2, 0.25) is 0 Å². The second kappa shape index (κ2) is 5.48. The van der Waals surface area contributed by atoms with Gasteiger partial charge in [-0.25, -0.2) is 4.98 Å². The van der Waals surface area contributed by atoms with E-state index in [1.165, 1.54) is 0 Å². The maximum atomic E-state index is 12.1. The predicted octanol–water partition coefficient (Wildman–Crippen LogP) is 3.42. The number of amides is 1. The number of rotatable bonds is 2. The fourth-order valence-corrected chi connectivity index (χ4v) is 1.94. The summed E-state index contributed by atoms with van der Waals surface area (Å²) in [6, 6.07) is 7.21. The van der Waals surface area contributed by atoms with E-state index in [9.17, 15) is 4.79 Å². The van der Waals surface area contributed by atoms with Crippen molar-refractivity contribution < 1.29 is 4.79 Å². The molecule has 2 rings (SSSR count). The Morgan fingerprint density at radius 1 is 1.05 bits per heavy atom. The van der Waals surface area contributed by atoms with Crippen molar-refractivity contribution in [2.75, 3.05) is 5.32 Å². The predicted molar refractivity (Wildman–Crippen MR) is 78.3 cm³/mol. The van der Waals surface area contributed by atoms with Crippen LogP contribution in [0, 0.1) is 20.8 Å². The van der Waals surface area contributed by atoms with Crippen LogP contribution in [-0.2, 0) is 0 Å². The van der Waals surface area contributed by atoms with Crippen LogP contribution in [0.25, 0.3) is 0 Å². The van der Waals surface area contributed by atoms with Crippen molar-refractivity contribution in [1.82, 2.24) is 9.97 Å². The molecule has 0 fully saturated rings. The van der Waals surface area contributed by atoms with E-state index in [0.717, 1.165) is 15.9 Å². The lowest BCUT2D eigenvalue weighted by Gasteiger charge is -2.08. The van der Waals surface area contributed by atoms with Crippen LogP contribution in [0.15, 0.2) is 28.7 Å². The summed E-state index contributed by atoms with van der Waals surface area (Å²) in [7, 11) is 0. The average Bonchev–Trinajstić information content (AvgIpc) is 2.33. The fraction of sp³-hybridized carbons (Fsp3) is 0.214. The third-order valence-corrected chi connectivity index (χ3v) is 3.57. The quantitative estimate of drug-likeness (QED) is 0.922. The van der Waals surface area contributed by atoms with Gasteiger partial charge in [-0.1, -0.05) is 0 Å². The number of aromatic nitrogens is 2. The molecule has 2 aromatic rings. The average molecular weight is 320 g/mol. The minimum atomic E-state index is -0.195. The largest absolute Gasteiger partial charge is 0.306 e. The van der Waals surface area contributed by atoms with Gasteiger partial charge < -0.3 is 5.32 Å². The molecular formula is C14H14BrN3O. The molecule has 0 bridgehead atoms. The van der Waals surface area contributed by atoms with Crippen molar-refractivity contribution in [2.45, 2.75) is 20.8 Å². The Hall–Kier alpha value is -1.75. The number of hydrogen-bond donors (Lipinski definition) is 1. The number of nitrogens with one attached hydrogen (secondary N) is 1. The number of anilines is 1. The van der Waals surface area contributed by atoms with Crippen LogP contribution >= 0.6 is 15.9 Å². The second-order valence-electron chi connectivity index (χ2n) is 4.30. The molecule has 0 saturated heterocycles. The van der Waals surface area contributed by atoms with Crippen LogP contribution in [0.4, 0.5) is 5.82 Å². The minimum Gasteiger partial charge on any atom is -0.306 e. The minimum absolute atomic E-state index is 0.195. The zero-order valence-electron chi connectivity index (χ0n) is 11.0. The van der Waals surface area contributed by atoms with Crippen molar-refractivity contribution in [1.29, 1.82) is 0 Å². The molecule has 0 aromatic carbocycles. The highest BCUT2D eigenvalue weighted by molar-refractivity contribution is 9.10. The molecule has 0 spiro atoms. The van der Waals surface area contributed by atoms with Gasteiger partial charge >= 0.3 is 0 Å². The Morgan fingerprint density at radius 3 is 2.42 bits per heavy atom. The summed E-state index contributed by atoms with van der Waals surface area (Å²) in [6.45, 7) is 5.59. The molecule has 0 saturated carbocycles. The number of aryl methyl sites for hydroxylation is 3. The monoisotopic (exact) mass is 319 g/mol. The molecule has 0 unspecified atom stereocenters. The molecule has 0 aliphatic heterocycles. The molecule has 0 atom stereocenters. The Balaban J connectivity index is 2.23. The number of nitrogens with zero attached hydrogens (tertiary/aromatic N) is 2. The molecule has 2 aromatic heterocycles. The molecule has 0 aliphatic carbocycles. The van der Waals surface area contributed by atoms with Gasteiger partial charge in [-0.3, -0.25) is 9.78 Å². The molecule has 5 heteroatoms. The Kier molecular flexibility index (Phi) is 3.95. The Bertz CT molecular complexity index is 641. The first-order chi connectivity index (χ1) is 8.97. The second-order valence-corrected chi connectivity index (χ2v) is 5.16. The number of carbonyl (C=O) groups excluding carboxylic acids is 1. The summed E-state index contributed by atoms with van der Waals surface area (Å²) in [4.78, 5) is 20.7. The zero-order valence-corrected chi connectivity index (χ0v) is 12.6. The number of halogens is 1. The first kappa shape index (κ1) is 13.7. The summed E-state index contributed by atoms with van der Waals surface area (Å²) in [5, 5.41) is 2.78. The van der Waals surface area contributed by atoms with Gasteiger partial charge in [0.1, 0.15) is 5.82 Å². The molecular weight excluding hydrogens is 306 g/mol. The van der Waals surface area contributed by atoms with Gasteiger partial charge in [0, 0.05) is 10.2 Å². The number of hydrogen-bond acceptors (Lipinski definition) is 3. The Labute approximate surface area is 120 Å². The normalized spacial score (nSPS) is 10.3. The van der Waals surface area contributed by atoms with Crippen LogP contribution in [-0.4, -0.2) is 15.9 Å². The topological polar surface area (TPSA) is 54.9 Å². The number of pyridine rings is 2. The van der Waals surface area contributed by atoms with E-state index < -0.39 is 0 Å². The van der Waals surface area contributed by atoms with Gasteiger partial charge in [-0.15, -0.1) is 0 Å². The lowest BCUT2D eigenvalue weighted by atomic mass is 10.1. The van der Waals surface area contributed by atoms with Gasteiger partial charge in [0.15, 0.2) is 0 Å². The third-order valence-electron chi connectivity index (χ3n) is 2.73. The van der Waals surface area contributed by atoms with E-state index in [4.69, 9.17) is 0 Å². The van der Waals surface area contributed by atoms with Crippen molar-refractivity contribution in [3.63, 3.8) is 0 Å². The summed E-state index contributed by atoms with van der Waals surface area (Å²) in [6.07, 6.45) is 0. The van der Waals surface area contributed by atoms with E-state index in [1.54, 1.807) is 12.1 Å². The van der Waals surface area contributed by atoms with Gasteiger partial charge in [0.05, 0.1) is 17.0 Å². The zero-order chi connectivity index (χ0) is 14.0. The number of carbonyl (C=O) groups is 1. The first-order valence-electron chi connectivity index (χ1n) is 5.86. The third kappa shape index (κ3) is 3.17. The van der Waals surface area contributed by atoms with Crippen LogP contribution in [0.3, 0.4) is 0 Å². The first-order valence-corrected chi connectivity index (χ1v) is 6.65. The van der Waals surface area contributed by atoms with Crippen molar-refractivity contribution in [3.05, 3.63) is 51.4 Å². The lowest BCUT2D eigenvalue weighted by molar-refractivity contribution is 0.102. The van der Waals surface area contributed by atoms with E-state index in [-0.39, 0.29) is 5.91 Å². The summed E-state index contributed by atoms with van der Waals surface area (Å²) in [5.74, 6) is 0.338. The summed E-state index contributed by atoms with van der Waals surface area (Å²) < 4.78 is 0.915. The van der Waals surface area contributed by atoms with E-state index in [1.807, 2.05) is 32.9 Å². The van der Waals surface area contributed by atoms with Gasteiger partial charge in [0.25, 0.3) is 5.91 Å². The van der Waals surface area contributed by atoms with Crippen molar-refractivity contribution in [3.8, 4) is 0 Å². The van der Waals surface area contributed by atoms with Gasteiger partial charge in [-0.2, -0.15) is 0 Å². The SMILES string of the molecule is Cc1ccc(C(=O)Nc2ccc(Br)c(C)n2)c(C)n1.